The Morgan fingerprint density at radius 3 is 2.45 bits per heavy atom. The van der Waals surface area contributed by atoms with E-state index in [1.165, 1.54) is 12.1 Å². The smallest absolute Gasteiger partial charge is 0.254 e. The summed E-state index contributed by atoms with van der Waals surface area (Å²) in [5, 5.41) is 0. The number of hydrogen-bond acceptors (Lipinski definition) is 4. The van der Waals surface area contributed by atoms with Crippen LogP contribution in [0.4, 0.5) is 4.39 Å². The lowest BCUT2D eigenvalue weighted by atomic mass is 10.1. The second kappa shape index (κ2) is 10.0. The first-order valence-corrected chi connectivity index (χ1v) is 10.8. The van der Waals surface area contributed by atoms with E-state index in [-0.39, 0.29) is 17.9 Å². The molecule has 164 valence electrons. The summed E-state index contributed by atoms with van der Waals surface area (Å²) in [5.41, 5.74) is 1.40. The van der Waals surface area contributed by atoms with Crippen molar-refractivity contribution in [3.05, 3.63) is 71.5 Å². The van der Waals surface area contributed by atoms with E-state index in [0.717, 1.165) is 18.7 Å². The Morgan fingerprint density at radius 2 is 1.71 bits per heavy atom. The fourth-order valence-corrected chi connectivity index (χ4v) is 4.17. The second-order valence-electron chi connectivity index (χ2n) is 8.10. The number of rotatable bonds is 5. The normalized spacial score (nSPS) is 20.0. The van der Waals surface area contributed by atoms with Gasteiger partial charge in [-0.25, -0.2) is 4.39 Å². The molecule has 0 N–H and O–H groups in total. The summed E-state index contributed by atoms with van der Waals surface area (Å²) in [5.74, 6) is -0.411. The molecule has 2 fully saturated rings. The molecule has 2 heterocycles. The maximum atomic E-state index is 13.5. The van der Waals surface area contributed by atoms with Crippen molar-refractivity contribution in [2.45, 2.75) is 12.5 Å². The number of hydrogen-bond donors (Lipinski definition) is 0. The van der Waals surface area contributed by atoms with Crippen molar-refractivity contribution in [1.82, 2.24) is 14.7 Å². The molecular formula is C24H28FN3O3. The molecule has 2 aromatic rings. The summed E-state index contributed by atoms with van der Waals surface area (Å²) >= 11 is 0. The fourth-order valence-electron chi connectivity index (χ4n) is 4.17. The number of benzene rings is 2. The molecule has 2 amide bonds. The first-order chi connectivity index (χ1) is 15.1. The predicted octanol–water partition coefficient (Wildman–Crippen LogP) is 2.05. The zero-order chi connectivity index (χ0) is 21.6. The highest BCUT2D eigenvalue weighted by atomic mass is 19.1. The highest BCUT2D eigenvalue weighted by Crippen LogP contribution is 2.14. The van der Waals surface area contributed by atoms with E-state index >= 15 is 0 Å². The van der Waals surface area contributed by atoms with Crippen molar-refractivity contribution < 1.29 is 18.7 Å². The van der Waals surface area contributed by atoms with Crippen LogP contribution in [0.2, 0.25) is 0 Å². The highest BCUT2D eigenvalue weighted by molar-refractivity contribution is 5.94. The number of morpholine rings is 1. The van der Waals surface area contributed by atoms with Gasteiger partial charge in [0.1, 0.15) is 5.82 Å². The van der Waals surface area contributed by atoms with Gasteiger partial charge in [0.05, 0.1) is 19.1 Å². The lowest BCUT2D eigenvalue weighted by Crippen LogP contribution is -2.54. The van der Waals surface area contributed by atoms with Gasteiger partial charge in [0.25, 0.3) is 5.91 Å². The van der Waals surface area contributed by atoms with Crippen molar-refractivity contribution in [3.8, 4) is 0 Å². The van der Waals surface area contributed by atoms with E-state index in [4.69, 9.17) is 4.74 Å². The van der Waals surface area contributed by atoms with Crippen LogP contribution < -0.4 is 0 Å². The van der Waals surface area contributed by atoms with E-state index in [0.29, 0.717) is 51.3 Å². The molecule has 0 aliphatic carbocycles. The van der Waals surface area contributed by atoms with E-state index in [1.54, 1.807) is 17.0 Å². The van der Waals surface area contributed by atoms with Crippen molar-refractivity contribution in [3.63, 3.8) is 0 Å². The zero-order valence-corrected chi connectivity index (χ0v) is 17.6. The van der Waals surface area contributed by atoms with E-state index < -0.39 is 5.82 Å². The average molecular weight is 426 g/mol. The molecule has 0 radical (unpaired) electrons. The molecule has 2 aromatic carbocycles. The van der Waals surface area contributed by atoms with Crippen LogP contribution in [0.5, 0.6) is 0 Å². The molecule has 6 nitrogen and oxygen atoms in total. The van der Waals surface area contributed by atoms with Crippen molar-refractivity contribution in [2.24, 2.45) is 0 Å². The van der Waals surface area contributed by atoms with Crippen LogP contribution in [0.25, 0.3) is 0 Å². The second-order valence-corrected chi connectivity index (χ2v) is 8.10. The third-order valence-electron chi connectivity index (χ3n) is 5.88. The topological polar surface area (TPSA) is 53.1 Å². The van der Waals surface area contributed by atoms with Gasteiger partial charge in [-0.3, -0.25) is 14.5 Å². The van der Waals surface area contributed by atoms with Crippen LogP contribution in [0.1, 0.15) is 15.9 Å². The quantitative estimate of drug-likeness (QED) is 0.736. The maximum Gasteiger partial charge on any atom is 0.254 e. The summed E-state index contributed by atoms with van der Waals surface area (Å²) in [4.78, 5) is 31.2. The van der Waals surface area contributed by atoms with Gasteiger partial charge in [0.2, 0.25) is 5.91 Å². The predicted molar refractivity (Wildman–Crippen MR) is 115 cm³/mol. The highest BCUT2D eigenvalue weighted by Gasteiger charge is 2.28. The number of piperazine rings is 1. The first kappa shape index (κ1) is 21.5. The van der Waals surface area contributed by atoms with Crippen molar-refractivity contribution in [2.75, 3.05) is 52.4 Å². The van der Waals surface area contributed by atoms with Gasteiger partial charge < -0.3 is 14.5 Å². The number of carbonyl (C=O) groups excluding carboxylic acids is 2. The summed E-state index contributed by atoms with van der Waals surface area (Å²) in [6, 6.07) is 15.6. The molecule has 0 aromatic heterocycles. The largest absolute Gasteiger partial charge is 0.373 e. The van der Waals surface area contributed by atoms with Gasteiger partial charge in [0, 0.05) is 51.4 Å². The van der Waals surface area contributed by atoms with Crippen LogP contribution >= 0.6 is 0 Å². The Balaban J connectivity index is 1.24. The SMILES string of the molecule is O=C(Cc1ccccc1)N1CCN(CC2CN(C(=O)c3cccc(F)c3)CCO2)CC1. The molecular weight excluding hydrogens is 397 g/mol. The number of carbonyl (C=O) groups is 2. The number of halogens is 1. The number of ether oxygens (including phenoxy) is 1. The summed E-state index contributed by atoms with van der Waals surface area (Å²) in [6.07, 6.45) is 0.349. The molecule has 2 aliphatic heterocycles. The van der Waals surface area contributed by atoms with Gasteiger partial charge in [-0.15, -0.1) is 0 Å². The van der Waals surface area contributed by atoms with Crippen LogP contribution in [0, 0.1) is 5.82 Å². The minimum absolute atomic E-state index is 0.0853. The zero-order valence-electron chi connectivity index (χ0n) is 17.6. The average Bonchev–Trinajstić information content (AvgIpc) is 2.80. The molecule has 4 rings (SSSR count). The van der Waals surface area contributed by atoms with Crippen LogP contribution in [-0.2, 0) is 16.0 Å². The molecule has 2 saturated heterocycles. The van der Waals surface area contributed by atoms with Crippen molar-refractivity contribution >= 4 is 11.8 Å². The fraction of sp³-hybridized carbons (Fsp3) is 0.417. The number of amides is 2. The minimum Gasteiger partial charge on any atom is -0.373 e. The standard InChI is InChI=1S/C24H28FN3O3/c25-21-8-4-7-20(16-21)24(30)28-13-14-31-22(18-28)17-26-9-11-27(12-10-26)23(29)15-19-5-2-1-3-6-19/h1-8,16,22H,9-15,17-18H2. The molecule has 0 saturated carbocycles. The molecule has 2 aliphatic rings. The van der Waals surface area contributed by atoms with E-state index in [1.807, 2.05) is 35.2 Å². The van der Waals surface area contributed by atoms with Gasteiger partial charge in [-0.2, -0.15) is 0 Å². The molecule has 0 spiro atoms. The lowest BCUT2D eigenvalue weighted by molar-refractivity contribution is -0.132. The Bertz CT molecular complexity index is 900. The Labute approximate surface area is 182 Å². The Hall–Kier alpha value is -2.77. The summed E-state index contributed by atoms with van der Waals surface area (Å²) < 4.78 is 19.3. The van der Waals surface area contributed by atoms with Gasteiger partial charge in [-0.05, 0) is 23.8 Å². The van der Waals surface area contributed by atoms with Gasteiger partial charge in [-0.1, -0.05) is 36.4 Å². The molecule has 0 bridgehead atoms. The van der Waals surface area contributed by atoms with Gasteiger partial charge in [0.15, 0.2) is 0 Å². The Kier molecular flexibility index (Phi) is 6.94. The first-order valence-electron chi connectivity index (χ1n) is 10.8. The third kappa shape index (κ3) is 5.68. The monoisotopic (exact) mass is 425 g/mol. The van der Waals surface area contributed by atoms with Gasteiger partial charge >= 0.3 is 0 Å². The maximum absolute atomic E-state index is 13.5. The minimum atomic E-state index is -0.407. The molecule has 31 heavy (non-hydrogen) atoms. The summed E-state index contributed by atoms with van der Waals surface area (Å²) in [6.45, 7) is 5.16. The van der Waals surface area contributed by atoms with E-state index in [2.05, 4.69) is 4.90 Å². The Morgan fingerprint density at radius 1 is 0.935 bits per heavy atom. The lowest BCUT2D eigenvalue weighted by Gasteiger charge is -2.39. The molecule has 7 heteroatoms. The van der Waals surface area contributed by atoms with Crippen LogP contribution in [-0.4, -0.2) is 85.0 Å². The van der Waals surface area contributed by atoms with Crippen molar-refractivity contribution in [1.29, 1.82) is 0 Å². The molecule has 1 unspecified atom stereocenters. The van der Waals surface area contributed by atoms with Crippen LogP contribution in [0.15, 0.2) is 54.6 Å². The number of nitrogens with zero attached hydrogens (tertiary/aromatic N) is 3. The summed E-state index contributed by atoms with van der Waals surface area (Å²) in [7, 11) is 0. The van der Waals surface area contributed by atoms with E-state index in [9.17, 15) is 14.0 Å². The third-order valence-corrected chi connectivity index (χ3v) is 5.88. The molecule has 1 atom stereocenters. The van der Waals surface area contributed by atoms with Crippen LogP contribution in [0.3, 0.4) is 0 Å².